The first-order chi connectivity index (χ1) is 9.87. The minimum absolute atomic E-state index is 0.188. The van der Waals surface area contributed by atoms with Crippen LogP contribution in [0.5, 0.6) is 5.75 Å². The zero-order valence-corrected chi connectivity index (χ0v) is 15.4. The number of hydrogen-bond acceptors (Lipinski definition) is 2. The summed E-state index contributed by atoms with van der Waals surface area (Å²) in [4.78, 5) is 12.3. The molecule has 0 aromatic heterocycles. The van der Waals surface area contributed by atoms with Crippen LogP contribution in [0.25, 0.3) is 0 Å². The summed E-state index contributed by atoms with van der Waals surface area (Å²) in [7, 11) is 0. The standard InChI is InChI=1S/C16H15BrINO2/c1-16(2,21-14-9-3-11(17)4-10-14)15(20)19-13-7-5-12(18)6-8-13/h3-10H,1-2H3,(H,19,20). The van der Waals surface area contributed by atoms with Crippen LogP contribution in [0.1, 0.15) is 13.8 Å². The van der Waals surface area contributed by atoms with Gasteiger partial charge in [-0.3, -0.25) is 4.79 Å². The summed E-state index contributed by atoms with van der Waals surface area (Å²) in [6.07, 6.45) is 0. The maximum absolute atomic E-state index is 12.3. The predicted octanol–water partition coefficient (Wildman–Crippen LogP) is 4.85. The lowest BCUT2D eigenvalue weighted by Gasteiger charge is -2.25. The second-order valence-electron chi connectivity index (χ2n) is 5.03. The quantitative estimate of drug-likeness (QED) is 0.663. The summed E-state index contributed by atoms with van der Waals surface area (Å²) in [5.74, 6) is 0.465. The van der Waals surface area contributed by atoms with Crippen LogP contribution in [0.4, 0.5) is 5.69 Å². The summed E-state index contributed by atoms with van der Waals surface area (Å²) in [5.41, 5.74) is -0.204. The number of benzene rings is 2. The zero-order valence-electron chi connectivity index (χ0n) is 11.7. The van der Waals surface area contributed by atoms with Crippen molar-refractivity contribution in [3.8, 4) is 5.75 Å². The Morgan fingerprint density at radius 1 is 1.10 bits per heavy atom. The minimum Gasteiger partial charge on any atom is -0.478 e. The first-order valence-corrected chi connectivity index (χ1v) is 8.25. The van der Waals surface area contributed by atoms with Crippen LogP contribution in [0, 0.1) is 3.57 Å². The van der Waals surface area contributed by atoms with Gasteiger partial charge in [0, 0.05) is 13.7 Å². The fourth-order valence-corrected chi connectivity index (χ4v) is 2.28. The van der Waals surface area contributed by atoms with E-state index in [2.05, 4.69) is 43.8 Å². The first kappa shape index (κ1) is 16.3. The summed E-state index contributed by atoms with van der Waals surface area (Å²) in [5, 5.41) is 2.86. The van der Waals surface area contributed by atoms with Crippen LogP contribution >= 0.6 is 38.5 Å². The van der Waals surface area contributed by atoms with Crippen LogP contribution < -0.4 is 10.1 Å². The molecule has 0 atom stereocenters. The number of carbonyl (C=O) groups is 1. The number of rotatable bonds is 4. The molecule has 1 amide bonds. The fourth-order valence-electron chi connectivity index (χ4n) is 1.66. The Kier molecular flexibility index (Phi) is 5.27. The van der Waals surface area contributed by atoms with E-state index in [-0.39, 0.29) is 5.91 Å². The molecule has 110 valence electrons. The Bertz CT molecular complexity index is 624. The molecule has 2 aromatic carbocycles. The van der Waals surface area contributed by atoms with Crippen LogP contribution in [0.2, 0.25) is 0 Å². The van der Waals surface area contributed by atoms with Gasteiger partial charge >= 0.3 is 0 Å². The van der Waals surface area contributed by atoms with Crippen molar-refractivity contribution in [1.82, 2.24) is 0 Å². The van der Waals surface area contributed by atoms with Crippen molar-refractivity contribution >= 4 is 50.1 Å². The van der Waals surface area contributed by atoms with Crippen LogP contribution in [0.3, 0.4) is 0 Å². The van der Waals surface area contributed by atoms with E-state index < -0.39 is 5.60 Å². The van der Waals surface area contributed by atoms with Crippen molar-refractivity contribution in [2.24, 2.45) is 0 Å². The largest absolute Gasteiger partial charge is 0.478 e. The smallest absolute Gasteiger partial charge is 0.267 e. The topological polar surface area (TPSA) is 38.3 Å². The summed E-state index contributed by atoms with van der Waals surface area (Å²) < 4.78 is 7.87. The van der Waals surface area contributed by atoms with Crippen molar-refractivity contribution in [1.29, 1.82) is 0 Å². The molecular weight excluding hydrogens is 445 g/mol. The molecule has 0 bridgehead atoms. The molecule has 0 aliphatic rings. The zero-order chi connectivity index (χ0) is 15.5. The number of carbonyl (C=O) groups excluding carboxylic acids is 1. The van der Waals surface area contributed by atoms with E-state index in [0.717, 1.165) is 13.7 Å². The maximum Gasteiger partial charge on any atom is 0.267 e. The molecule has 0 radical (unpaired) electrons. The van der Waals surface area contributed by atoms with Gasteiger partial charge in [0.2, 0.25) is 0 Å². The highest BCUT2D eigenvalue weighted by atomic mass is 127. The maximum atomic E-state index is 12.3. The SMILES string of the molecule is CC(C)(Oc1ccc(Br)cc1)C(=O)Nc1ccc(I)cc1. The van der Waals surface area contributed by atoms with E-state index >= 15 is 0 Å². The fraction of sp³-hybridized carbons (Fsp3) is 0.188. The van der Waals surface area contributed by atoms with Gasteiger partial charge in [-0.1, -0.05) is 15.9 Å². The third-order valence-electron chi connectivity index (χ3n) is 2.84. The van der Waals surface area contributed by atoms with Crippen LogP contribution in [-0.4, -0.2) is 11.5 Å². The van der Waals surface area contributed by atoms with Crippen LogP contribution in [0.15, 0.2) is 53.0 Å². The van der Waals surface area contributed by atoms with Crippen molar-refractivity contribution in [2.75, 3.05) is 5.32 Å². The molecule has 0 saturated heterocycles. The molecule has 3 nitrogen and oxygen atoms in total. The van der Waals surface area contributed by atoms with Gasteiger partial charge in [0.1, 0.15) is 5.75 Å². The molecule has 0 spiro atoms. The molecule has 1 N–H and O–H groups in total. The third-order valence-corrected chi connectivity index (χ3v) is 4.08. The summed E-state index contributed by atoms with van der Waals surface area (Å²) in [6.45, 7) is 3.49. The van der Waals surface area contributed by atoms with E-state index in [1.807, 2.05) is 48.5 Å². The molecule has 0 heterocycles. The third kappa shape index (κ3) is 4.71. The number of amides is 1. The molecule has 5 heteroatoms. The Morgan fingerprint density at radius 2 is 1.67 bits per heavy atom. The Balaban J connectivity index is 2.05. The van der Waals surface area contributed by atoms with Gasteiger partial charge in [0.25, 0.3) is 5.91 Å². The van der Waals surface area contributed by atoms with E-state index in [1.165, 1.54) is 0 Å². The molecule has 2 aromatic rings. The molecule has 0 unspecified atom stereocenters. The van der Waals surface area contributed by atoms with Gasteiger partial charge in [-0.25, -0.2) is 0 Å². The van der Waals surface area contributed by atoms with E-state index in [1.54, 1.807) is 13.8 Å². The lowest BCUT2D eigenvalue weighted by molar-refractivity contribution is -0.128. The minimum atomic E-state index is -0.961. The molecule has 0 aliphatic heterocycles. The van der Waals surface area contributed by atoms with Gasteiger partial charge < -0.3 is 10.1 Å². The monoisotopic (exact) mass is 459 g/mol. The Morgan fingerprint density at radius 3 is 2.24 bits per heavy atom. The first-order valence-electron chi connectivity index (χ1n) is 6.38. The van der Waals surface area contributed by atoms with Gasteiger partial charge in [-0.2, -0.15) is 0 Å². The average molecular weight is 460 g/mol. The van der Waals surface area contributed by atoms with Gasteiger partial charge in [-0.15, -0.1) is 0 Å². The lowest BCUT2D eigenvalue weighted by atomic mass is 10.1. The molecule has 2 rings (SSSR count). The number of ether oxygens (including phenoxy) is 1. The van der Waals surface area contributed by atoms with E-state index in [0.29, 0.717) is 5.75 Å². The molecule has 0 fully saturated rings. The highest BCUT2D eigenvalue weighted by Gasteiger charge is 2.30. The normalized spacial score (nSPS) is 11.0. The average Bonchev–Trinajstić information content (AvgIpc) is 2.43. The summed E-state index contributed by atoms with van der Waals surface area (Å²) in [6, 6.07) is 15.0. The Labute approximate surface area is 146 Å². The number of nitrogens with one attached hydrogen (secondary N) is 1. The Hall–Kier alpha value is -1.08. The van der Waals surface area contributed by atoms with Crippen molar-refractivity contribution in [2.45, 2.75) is 19.4 Å². The molecular formula is C16H15BrINO2. The van der Waals surface area contributed by atoms with Crippen LogP contribution in [-0.2, 0) is 4.79 Å². The molecule has 0 saturated carbocycles. The van der Waals surface area contributed by atoms with Crippen molar-refractivity contribution in [3.05, 3.63) is 56.6 Å². The van der Waals surface area contributed by atoms with E-state index in [4.69, 9.17) is 4.74 Å². The number of anilines is 1. The van der Waals surface area contributed by atoms with E-state index in [9.17, 15) is 4.79 Å². The number of hydrogen-bond donors (Lipinski definition) is 1. The van der Waals surface area contributed by atoms with Gasteiger partial charge in [0.15, 0.2) is 5.60 Å². The molecule has 21 heavy (non-hydrogen) atoms. The number of halogens is 2. The highest BCUT2D eigenvalue weighted by Crippen LogP contribution is 2.22. The second-order valence-corrected chi connectivity index (χ2v) is 7.19. The van der Waals surface area contributed by atoms with Gasteiger partial charge in [-0.05, 0) is 85.0 Å². The van der Waals surface area contributed by atoms with Gasteiger partial charge in [0.05, 0.1) is 0 Å². The lowest BCUT2D eigenvalue weighted by Crippen LogP contribution is -2.42. The highest BCUT2D eigenvalue weighted by molar-refractivity contribution is 14.1. The second kappa shape index (κ2) is 6.79. The predicted molar refractivity (Wildman–Crippen MR) is 96.6 cm³/mol. The van der Waals surface area contributed by atoms with Crippen molar-refractivity contribution < 1.29 is 9.53 Å². The molecule has 0 aliphatic carbocycles. The summed E-state index contributed by atoms with van der Waals surface area (Å²) >= 11 is 5.59. The van der Waals surface area contributed by atoms with Crippen molar-refractivity contribution in [3.63, 3.8) is 0 Å².